The largest absolute Gasteiger partial charge is 0.352 e. The van der Waals surface area contributed by atoms with Crippen molar-refractivity contribution in [2.75, 3.05) is 21.1 Å². The Kier molecular flexibility index (Phi) is 7.48. The molecule has 0 aliphatic rings. The van der Waals surface area contributed by atoms with Crippen LogP contribution in [0.25, 0.3) is 0 Å². The molecule has 2 aromatic rings. The van der Waals surface area contributed by atoms with Crippen LogP contribution in [0.1, 0.15) is 29.2 Å². The number of hydrogen-bond acceptors (Lipinski definition) is 2. The highest BCUT2D eigenvalue weighted by Crippen LogP contribution is 2.09. The molecule has 0 bridgehead atoms. The molecule has 0 saturated carbocycles. The van der Waals surface area contributed by atoms with E-state index in [2.05, 4.69) is 90.1 Å². The maximum Gasteiger partial charge on any atom is 0.191 e. The summed E-state index contributed by atoms with van der Waals surface area (Å²) < 4.78 is 0. The minimum absolute atomic E-state index is 0.760. The Morgan fingerprint density at radius 2 is 1.60 bits per heavy atom. The van der Waals surface area contributed by atoms with Gasteiger partial charge in [0.05, 0.1) is 0 Å². The van der Waals surface area contributed by atoms with Gasteiger partial charge in [0.1, 0.15) is 0 Å². The van der Waals surface area contributed by atoms with Gasteiger partial charge < -0.3 is 15.5 Å². The third kappa shape index (κ3) is 6.24. The van der Waals surface area contributed by atoms with Crippen molar-refractivity contribution in [2.24, 2.45) is 4.99 Å². The highest BCUT2D eigenvalue weighted by molar-refractivity contribution is 5.79. The molecule has 0 saturated heterocycles. The van der Waals surface area contributed by atoms with Crippen LogP contribution in [0.2, 0.25) is 0 Å². The second kappa shape index (κ2) is 9.84. The fourth-order valence-corrected chi connectivity index (χ4v) is 2.86. The number of rotatable bonds is 7. The van der Waals surface area contributed by atoms with E-state index in [1.807, 2.05) is 7.05 Å². The number of benzene rings is 2. The maximum atomic E-state index is 4.33. The van der Waals surface area contributed by atoms with E-state index in [-0.39, 0.29) is 0 Å². The van der Waals surface area contributed by atoms with Gasteiger partial charge in [-0.3, -0.25) is 4.99 Å². The highest BCUT2D eigenvalue weighted by atomic mass is 15.2. The second-order valence-corrected chi connectivity index (χ2v) is 6.46. The average Bonchev–Trinajstić information content (AvgIpc) is 2.62. The Hall–Kier alpha value is -2.33. The lowest BCUT2D eigenvalue weighted by molar-refractivity contribution is 0.402. The summed E-state index contributed by atoms with van der Waals surface area (Å²) in [5, 5.41) is 6.81. The van der Waals surface area contributed by atoms with E-state index in [1.54, 1.807) is 0 Å². The van der Waals surface area contributed by atoms with Gasteiger partial charge in [0.15, 0.2) is 5.96 Å². The van der Waals surface area contributed by atoms with Crippen molar-refractivity contribution >= 4 is 5.96 Å². The molecule has 0 aliphatic carbocycles. The molecule has 0 heterocycles. The van der Waals surface area contributed by atoms with Crippen LogP contribution in [0.4, 0.5) is 0 Å². The van der Waals surface area contributed by atoms with Gasteiger partial charge in [-0.1, -0.05) is 55.5 Å². The standard InChI is InChI=1S/C21H30N4/c1-5-19-11-6-7-12-20(19)15-24-21(22-2)23-14-17-9-8-10-18(13-17)16-25(3)4/h6-13H,5,14-16H2,1-4H3,(H2,22,23,24). The Labute approximate surface area is 152 Å². The molecule has 2 N–H and O–H groups in total. The molecule has 4 nitrogen and oxygen atoms in total. The van der Waals surface area contributed by atoms with Gasteiger partial charge in [0.25, 0.3) is 0 Å². The minimum atomic E-state index is 0.760. The fourth-order valence-electron chi connectivity index (χ4n) is 2.86. The summed E-state index contributed by atoms with van der Waals surface area (Å²) in [5.74, 6) is 0.823. The molecule has 4 heteroatoms. The Balaban J connectivity index is 1.90. The summed E-state index contributed by atoms with van der Waals surface area (Å²) in [6, 6.07) is 17.2. The molecule has 0 aliphatic heterocycles. The Bertz CT molecular complexity index is 692. The van der Waals surface area contributed by atoms with Crippen molar-refractivity contribution in [3.8, 4) is 0 Å². The van der Waals surface area contributed by atoms with Crippen LogP contribution in [-0.2, 0) is 26.1 Å². The number of guanidine groups is 1. The average molecular weight is 338 g/mol. The van der Waals surface area contributed by atoms with Crippen molar-refractivity contribution in [3.05, 3.63) is 70.8 Å². The summed E-state index contributed by atoms with van der Waals surface area (Å²) in [6.07, 6.45) is 1.04. The fraction of sp³-hybridized carbons (Fsp3) is 0.381. The normalized spacial score (nSPS) is 11.6. The van der Waals surface area contributed by atoms with Crippen molar-refractivity contribution in [1.29, 1.82) is 0 Å². The van der Waals surface area contributed by atoms with Crippen molar-refractivity contribution in [3.63, 3.8) is 0 Å². The molecular formula is C21H30N4. The van der Waals surface area contributed by atoms with Crippen molar-refractivity contribution < 1.29 is 0 Å². The van der Waals surface area contributed by atoms with E-state index in [4.69, 9.17) is 0 Å². The minimum Gasteiger partial charge on any atom is -0.352 e. The molecule has 134 valence electrons. The second-order valence-electron chi connectivity index (χ2n) is 6.46. The first-order chi connectivity index (χ1) is 12.1. The summed E-state index contributed by atoms with van der Waals surface area (Å²) in [6.45, 7) is 4.68. The summed E-state index contributed by atoms with van der Waals surface area (Å²) in [4.78, 5) is 6.51. The van der Waals surface area contributed by atoms with Gasteiger partial charge >= 0.3 is 0 Å². The highest BCUT2D eigenvalue weighted by Gasteiger charge is 2.03. The molecule has 0 fully saturated rings. The molecule has 0 radical (unpaired) electrons. The van der Waals surface area contributed by atoms with E-state index in [0.29, 0.717) is 0 Å². The SMILES string of the molecule is CCc1ccccc1CNC(=NC)NCc1cccc(CN(C)C)c1. The smallest absolute Gasteiger partial charge is 0.191 e. The summed E-state index contributed by atoms with van der Waals surface area (Å²) in [7, 11) is 5.99. The van der Waals surface area contributed by atoms with Gasteiger partial charge in [0, 0.05) is 26.7 Å². The number of aryl methyl sites for hydroxylation is 1. The molecule has 0 amide bonds. The molecule has 0 unspecified atom stereocenters. The van der Waals surface area contributed by atoms with Crippen LogP contribution < -0.4 is 10.6 Å². The molecule has 0 atom stereocenters. The van der Waals surface area contributed by atoms with E-state index < -0.39 is 0 Å². The Morgan fingerprint density at radius 3 is 2.28 bits per heavy atom. The first-order valence-electron chi connectivity index (χ1n) is 8.86. The zero-order chi connectivity index (χ0) is 18.1. The predicted octanol–water partition coefficient (Wildman–Crippen LogP) is 3.18. The van der Waals surface area contributed by atoms with E-state index in [9.17, 15) is 0 Å². The molecule has 25 heavy (non-hydrogen) atoms. The first-order valence-corrected chi connectivity index (χ1v) is 8.86. The Morgan fingerprint density at radius 1 is 0.920 bits per heavy atom. The molecular weight excluding hydrogens is 308 g/mol. The predicted molar refractivity (Wildman–Crippen MR) is 107 cm³/mol. The number of hydrogen-bond donors (Lipinski definition) is 2. The zero-order valence-corrected chi connectivity index (χ0v) is 15.8. The summed E-state index contributed by atoms with van der Waals surface area (Å²) in [5.41, 5.74) is 5.28. The van der Waals surface area contributed by atoms with Crippen LogP contribution >= 0.6 is 0 Å². The van der Waals surface area contributed by atoms with Gasteiger partial charge in [-0.15, -0.1) is 0 Å². The number of nitrogens with one attached hydrogen (secondary N) is 2. The van der Waals surface area contributed by atoms with Crippen LogP contribution in [0.3, 0.4) is 0 Å². The van der Waals surface area contributed by atoms with Crippen LogP contribution in [0, 0.1) is 0 Å². The van der Waals surface area contributed by atoms with Gasteiger partial charge in [-0.05, 0) is 42.8 Å². The molecule has 2 rings (SSSR count). The molecule has 0 spiro atoms. The van der Waals surface area contributed by atoms with E-state index >= 15 is 0 Å². The number of aliphatic imine (C=N–C) groups is 1. The van der Waals surface area contributed by atoms with Crippen molar-refractivity contribution in [2.45, 2.75) is 33.0 Å². The maximum absolute atomic E-state index is 4.33. The lowest BCUT2D eigenvalue weighted by Crippen LogP contribution is -2.36. The first kappa shape index (κ1) is 19.0. The lowest BCUT2D eigenvalue weighted by Gasteiger charge is -2.15. The lowest BCUT2D eigenvalue weighted by atomic mass is 10.1. The molecule has 0 aromatic heterocycles. The topological polar surface area (TPSA) is 39.7 Å². The zero-order valence-electron chi connectivity index (χ0n) is 15.8. The van der Waals surface area contributed by atoms with Gasteiger partial charge in [-0.2, -0.15) is 0 Å². The van der Waals surface area contributed by atoms with Crippen molar-refractivity contribution in [1.82, 2.24) is 15.5 Å². The van der Waals surface area contributed by atoms with Crippen LogP contribution in [0.15, 0.2) is 53.5 Å². The third-order valence-electron chi connectivity index (χ3n) is 4.12. The van der Waals surface area contributed by atoms with Gasteiger partial charge in [-0.25, -0.2) is 0 Å². The van der Waals surface area contributed by atoms with Crippen LogP contribution in [-0.4, -0.2) is 32.0 Å². The van der Waals surface area contributed by atoms with E-state index in [1.165, 1.54) is 22.3 Å². The van der Waals surface area contributed by atoms with E-state index in [0.717, 1.165) is 32.0 Å². The summed E-state index contributed by atoms with van der Waals surface area (Å²) >= 11 is 0. The number of nitrogens with zero attached hydrogens (tertiary/aromatic N) is 2. The quantitative estimate of drug-likeness (QED) is 0.602. The van der Waals surface area contributed by atoms with Crippen LogP contribution in [0.5, 0.6) is 0 Å². The molecule has 2 aromatic carbocycles. The third-order valence-corrected chi connectivity index (χ3v) is 4.12. The monoisotopic (exact) mass is 338 g/mol. The van der Waals surface area contributed by atoms with Gasteiger partial charge in [0.2, 0.25) is 0 Å².